The van der Waals surface area contributed by atoms with Crippen molar-refractivity contribution in [1.29, 1.82) is 0 Å². The topological polar surface area (TPSA) is 93.5 Å². The maximum Gasteiger partial charge on any atom is 0.264 e. The predicted molar refractivity (Wildman–Crippen MR) is 133 cm³/mol. The quantitative estimate of drug-likeness (QED) is 0.475. The average Bonchev–Trinajstić information content (AvgIpc) is 3.18. The van der Waals surface area contributed by atoms with Crippen molar-refractivity contribution >= 4 is 44.7 Å². The summed E-state index contributed by atoms with van der Waals surface area (Å²) in [6.07, 6.45) is 1.60. The van der Waals surface area contributed by atoms with E-state index < -0.39 is 0 Å². The highest BCUT2D eigenvalue weighted by Crippen LogP contribution is 2.35. The van der Waals surface area contributed by atoms with E-state index in [0.29, 0.717) is 27.3 Å². The molecule has 0 atom stereocenters. The van der Waals surface area contributed by atoms with Crippen LogP contribution >= 0.6 is 11.3 Å². The first-order valence-electron chi connectivity index (χ1n) is 10.8. The number of aryl methyl sites for hydroxylation is 2. The zero-order valence-corrected chi connectivity index (χ0v) is 19.5. The summed E-state index contributed by atoms with van der Waals surface area (Å²) in [5.41, 5.74) is 2.86. The molecular formula is C25H22N4O4S. The van der Waals surface area contributed by atoms with Gasteiger partial charge in [-0.3, -0.25) is 19.0 Å². The number of rotatable bonds is 5. The fraction of sp³-hybridized carbons (Fsp3) is 0.200. The van der Waals surface area contributed by atoms with E-state index in [1.54, 1.807) is 25.2 Å². The Morgan fingerprint density at radius 3 is 2.76 bits per heavy atom. The van der Waals surface area contributed by atoms with Crippen molar-refractivity contribution in [2.75, 3.05) is 23.9 Å². The largest absolute Gasteiger partial charge is 0.482 e. The zero-order valence-electron chi connectivity index (χ0n) is 18.7. The summed E-state index contributed by atoms with van der Waals surface area (Å²) < 4.78 is 6.89. The van der Waals surface area contributed by atoms with E-state index in [9.17, 15) is 14.4 Å². The van der Waals surface area contributed by atoms with Gasteiger partial charge in [0.2, 0.25) is 5.91 Å². The summed E-state index contributed by atoms with van der Waals surface area (Å²) in [5, 5.41) is 3.41. The van der Waals surface area contributed by atoms with Crippen LogP contribution in [0.4, 0.5) is 11.4 Å². The summed E-state index contributed by atoms with van der Waals surface area (Å²) >= 11 is 1.49. The minimum Gasteiger partial charge on any atom is -0.482 e. The normalized spacial score (nSPS) is 13.0. The molecule has 0 aliphatic carbocycles. The third-order valence-electron chi connectivity index (χ3n) is 5.83. The number of nitrogens with one attached hydrogen (secondary N) is 1. The second kappa shape index (κ2) is 8.75. The molecule has 5 rings (SSSR count). The Balaban J connectivity index is 1.35. The Labute approximate surface area is 199 Å². The molecule has 172 valence electrons. The lowest BCUT2D eigenvalue weighted by atomic mass is 10.0. The molecular weight excluding hydrogens is 452 g/mol. The highest BCUT2D eigenvalue weighted by Gasteiger charge is 2.22. The van der Waals surface area contributed by atoms with Crippen LogP contribution in [0.3, 0.4) is 0 Å². The number of hydrogen-bond donors (Lipinski definition) is 1. The van der Waals surface area contributed by atoms with Gasteiger partial charge in [0.15, 0.2) is 6.61 Å². The molecule has 8 nitrogen and oxygen atoms in total. The van der Waals surface area contributed by atoms with Gasteiger partial charge in [-0.1, -0.05) is 30.3 Å². The van der Waals surface area contributed by atoms with Crippen molar-refractivity contribution in [3.05, 3.63) is 70.1 Å². The second-order valence-corrected chi connectivity index (χ2v) is 9.25. The van der Waals surface area contributed by atoms with E-state index in [0.717, 1.165) is 16.0 Å². The second-order valence-electron chi connectivity index (χ2n) is 8.04. The van der Waals surface area contributed by atoms with E-state index in [1.165, 1.54) is 27.1 Å². The maximum absolute atomic E-state index is 13.3. The number of amides is 2. The Morgan fingerprint density at radius 1 is 1.18 bits per heavy atom. The lowest BCUT2D eigenvalue weighted by Crippen LogP contribution is -2.35. The van der Waals surface area contributed by atoms with Gasteiger partial charge < -0.3 is 15.0 Å². The minimum atomic E-state index is -0.248. The van der Waals surface area contributed by atoms with E-state index in [-0.39, 0.29) is 36.9 Å². The zero-order chi connectivity index (χ0) is 23.8. The molecule has 1 aliphatic rings. The van der Waals surface area contributed by atoms with E-state index in [2.05, 4.69) is 10.3 Å². The van der Waals surface area contributed by atoms with Gasteiger partial charge in [-0.05, 0) is 30.7 Å². The Morgan fingerprint density at radius 2 is 1.97 bits per heavy atom. The number of ether oxygens (including phenoxy) is 1. The van der Waals surface area contributed by atoms with E-state index in [4.69, 9.17) is 4.74 Å². The number of benzene rings is 2. The molecule has 0 saturated heterocycles. The molecule has 0 unspecified atom stereocenters. The van der Waals surface area contributed by atoms with Crippen molar-refractivity contribution < 1.29 is 14.3 Å². The molecule has 2 aromatic carbocycles. The number of aromatic nitrogens is 2. The number of carbonyl (C=O) groups is 2. The van der Waals surface area contributed by atoms with Gasteiger partial charge in [0, 0.05) is 36.1 Å². The van der Waals surface area contributed by atoms with Crippen LogP contribution in [0.1, 0.15) is 11.3 Å². The van der Waals surface area contributed by atoms with Crippen LogP contribution in [-0.2, 0) is 16.1 Å². The first-order valence-corrected chi connectivity index (χ1v) is 11.6. The van der Waals surface area contributed by atoms with Crippen molar-refractivity contribution in [2.24, 2.45) is 0 Å². The fourth-order valence-corrected chi connectivity index (χ4v) is 5.05. The minimum absolute atomic E-state index is 0.00201. The standard InChI is InChI=1S/C25H22N4O4S/c1-15-22(16-6-4-3-5-7-16)23-24(34-15)26-14-29(25(23)32)11-10-20(30)27-17-8-9-19-18(12-17)28(2)21(31)13-33-19/h3-9,12,14H,10-11,13H2,1-2H3,(H,27,30). The van der Waals surface area contributed by atoms with Gasteiger partial charge in [-0.15, -0.1) is 11.3 Å². The molecule has 0 spiro atoms. The first kappa shape index (κ1) is 21.8. The van der Waals surface area contributed by atoms with Crippen molar-refractivity contribution in [3.8, 4) is 16.9 Å². The number of thiophene rings is 1. The van der Waals surface area contributed by atoms with Gasteiger partial charge in [0.25, 0.3) is 11.5 Å². The Kier molecular flexibility index (Phi) is 5.62. The van der Waals surface area contributed by atoms with Crippen LogP contribution in [0.5, 0.6) is 5.75 Å². The predicted octanol–water partition coefficient (Wildman–Crippen LogP) is 3.82. The van der Waals surface area contributed by atoms with Crippen molar-refractivity contribution in [1.82, 2.24) is 9.55 Å². The molecule has 2 aromatic heterocycles. The SMILES string of the molecule is Cc1sc2ncn(CCC(=O)Nc3ccc4c(c3)N(C)C(=O)CO4)c(=O)c2c1-c1ccccc1. The van der Waals surface area contributed by atoms with Crippen LogP contribution in [0, 0.1) is 6.92 Å². The van der Waals surface area contributed by atoms with E-state index >= 15 is 0 Å². The molecule has 0 fully saturated rings. The Bertz CT molecular complexity index is 1480. The molecule has 4 aromatic rings. The summed E-state index contributed by atoms with van der Waals surface area (Å²) in [7, 11) is 1.67. The van der Waals surface area contributed by atoms with Crippen molar-refractivity contribution in [2.45, 2.75) is 19.9 Å². The maximum atomic E-state index is 13.3. The number of carbonyl (C=O) groups excluding carboxylic acids is 2. The van der Waals surface area contributed by atoms with Gasteiger partial charge in [-0.25, -0.2) is 4.98 Å². The van der Waals surface area contributed by atoms with Crippen LogP contribution in [0.25, 0.3) is 21.3 Å². The molecule has 2 amide bonds. The summed E-state index contributed by atoms with van der Waals surface area (Å²) in [6, 6.07) is 14.9. The number of fused-ring (bicyclic) bond motifs is 2. The number of nitrogens with zero attached hydrogens (tertiary/aromatic N) is 3. The van der Waals surface area contributed by atoms with Crippen LogP contribution < -0.4 is 20.5 Å². The highest BCUT2D eigenvalue weighted by atomic mass is 32.1. The average molecular weight is 475 g/mol. The molecule has 0 radical (unpaired) electrons. The van der Waals surface area contributed by atoms with Gasteiger partial charge in [0.05, 0.1) is 17.4 Å². The van der Waals surface area contributed by atoms with Crippen molar-refractivity contribution in [3.63, 3.8) is 0 Å². The van der Waals surface area contributed by atoms with Gasteiger partial charge in [0.1, 0.15) is 10.6 Å². The van der Waals surface area contributed by atoms with E-state index in [1.807, 2.05) is 37.3 Å². The lowest BCUT2D eigenvalue weighted by Gasteiger charge is -2.26. The molecule has 9 heteroatoms. The van der Waals surface area contributed by atoms with Crippen LogP contribution in [0.15, 0.2) is 59.7 Å². The monoisotopic (exact) mass is 474 g/mol. The number of hydrogen-bond acceptors (Lipinski definition) is 6. The summed E-state index contributed by atoms with van der Waals surface area (Å²) in [6.45, 7) is 2.18. The number of anilines is 2. The third-order valence-corrected chi connectivity index (χ3v) is 6.84. The fourth-order valence-electron chi connectivity index (χ4n) is 4.04. The number of likely N-dealkylation sites (N-methyl/N-ethyl adjacent to an activating group) is 1. The van der Waals surface area contributed by atoms with Gasteiger partial charge in [-0.2, -0.15) is 0 Å². The highest BCUT2D eigenvalue weighted by molar-refractivity contribution is 7.19. The first-order chi connectivity index (χ1) is 16.4. The third kappa shape index (κ3) is 3.94. The molecule has 0 saturated carbocycles. The van der Waals surface area contributed by atoms with Gasteiger partial charge >= 0.3 is 0 Å². The Hall–Kier alpha value is -3.98. The molecule has 1 N–H and O–H groups in total. The van der Waals surface area contributed by atoms with Crippen LogP contribution in [-0.4, -0.2) is 35.0 Å². The van der Waals surface area contributed by atoms with Crippen LogP contribution in [0.2, 0.25) is 0 Å². The summed E-state index contributed by atoms with van der Waals surface area (Å²) in [5.74, 6) is 0.186. The molecule has 0 bridgehead atoms. The smallest absolute Gasteiger partial charge is 0.264 e. The lowest BCUT2D eigenvalue weighted by molar-refractivity contribution is -0.121. The molecule has 1 aliphatic heterocycles. The summed E-state index contributed by atoms with van der Waals surface area (Å²) in [4.78, 5) is 45.5. The molecule has 34 heavy (non-hydrogen) atoms. The molecule has 3 heterocycles.